The Balaban J connectivity index is 1.48. The minimum absolute atomic E-state index is 0.0637. The van der Waals surface area contributed by atoms with Crippen LogP contribution in [0.3, 0.4) is 0 Å². The van der Waals surface area contributed by atoms with Crippen LogP contribution in [-0.2, 0) is 12.7 Å². The molecule has 0 aromatic heterocycles. The summed E-state index contributed by atoms with van der Waals surface area (Å²) in [5.74, 6) is 0.504. The Morgan fingerprint density at radius 2 is 1.54 bits per heavy atom. The molecule has 128 valence electrons. The fraction of sp³-hybridized carbons (Fsp3) is 0.368. The SMILES string of the molecule is FC(F)(F)c1ccc(OC2CCN(Cc3ccccc3)CC2)cc1. The van der Waals surface area contributed by atoms with Crippen LogP contribution in [0.2, 0.25) is 0 Å². The quantitative estimate of drug-likeness (QED) is 0.799. The van der Waals surface area contributed by atoms with Gasteiger partial charge in [0.2, 0.25) is 0 Å². The average Bonchev–Trinajstić information content (AvgIpc) is 2.57. The molecule has 2 aromatic carbocycles. The summed E-state index contributed by atoms with van der Waals surface area (Å²) < 4.78 is 43.5. The minimum atomic E-state index is -4.30. The number of hydrogen-bond acceptors (Lipinski definition) is 2. The Hall–Kier alpha value is -2.01. The van der Waals surface area contributed by atoms with Crippen LogP contribution in [0.25, 0.3) is 0 Å². The van der Waals surface area contributed by atoms with Gasteiger partial charge in [0.05, 0.1) is 5.56 Å². The summed E-state index contributed by atoms with van der Waals surface area (Å²) in [6.45, 7) is 2.79. The van der Waals surface area contributed by atoms with E-state index in [2.05, 4.69) is 17.0 Å². The van der Waals surface area contributed by atoms with E-state index in [1.807, 2.05) is 18.2 Å². The molecule has 0 N–H and O–H groups in total. The van der Waals surface area contributed by atoms with Crippen LogP contribution in [0, 0.1) is 0 Å². The third-order valence-corrected chi connectivity index (χ3v) is 4.27. The number of nitrogens with zero attached hydrogens (tertiary/aromatic N) is 1. The summed E-state index contributed by atoms with van der Waals surface area (Å²) in [5.41, 5.74) is 0.645. The highest BCUT2D eigenvalue weighted by Crippen LogP contribution is 2.30. The van der Waals surface area contributed by atoms with Crippen LogP contribution in [0.1, 0.15) is 24.0 Å². The van der Waals surface area contributed by atoms with Gasteiger partial charge in [-0.25, -0.2) is 0 Å². The third-order valence-electron chi connectivity index (χ3n) is 4.27. The van der Waals surface area contributed by atoms with Gasteiger partial charge in [0.1, 0.15) is 11.9 Å². The molecule has 0 unspecified atom stereocenters. The van der Waals surface area contributed by atoms with E-state index in [0.717, 1.165) is 44.6 Å². The number of benzene rings is 2. The first-order valence-corrected chi connectivity index (χ1v) is 8.11. The molecular formula is C19H20F3NO. The molecule has 1 fully saturated rings. The third kappa shape index (κ3) is 4.51. The highest BCUT2D eigenvalue weighted by molar-refractivity contribution is 5.29. The lowest BCUT2D eigenvalue weighted by Crippen LogP contribution is -2.37. The van der Waals surface area contributed by atoms with Crippen molar-refractivity contribution in [2.24, 2.45) is 0 Å². The van der Waals surface area contributed by atoms with Crippen molar-refractivity contribution >= 4 is 0 Å². The van der Waals surface area contributed by atoms with E-state index in [1.54, 1.807) is 0 Å². The topological polar surface area (TPSA) is 12.5 Å². The smallest absolute Gasteiger partial charge is 0.416 e. The highest BCUT2D eigenvalue weighted by atomic mass is 19.4. The molecule has 0 aliphatic carbocycles. The Kier molecular flexibility index (Phi) is 5.09. The second-order valence-corrected chi connectivity index (χ2v) is 6.10. The van der Waals surface area contributed by atoms with E-state index in [0.29, 0.717) is 5.75 Å². The number of hydrogen-bond donors (Lipinski definition) is 0. The Bertz CT molecular complexity index is 632. The highest BCUT2D eigenvalue weighted by Gasteiger charge is 2.30. The molecular weight excluding hydrogens is 315 g/mol. The second-order valence-electron chi connectivity index (χ2n) is 6.10. The molecule has 0 atom stereocenters. The first kappa shape index (κ1) is 16.8. The summed E-state index contributed by atoms with van der Waals surface area (Å²) in [4.78, 5) is 2.38. The molecule has 0 bridgehead atoms. The van der Waals surface area contributed by atoms with Crippen molar-refractivity contribution in [3.05, 3.63) is 65.7 Å². The van der Waals surface area contributed by atoms with Gasteiger partial charge in [-0.2, -0.15) is 13.2 Å². The molecule has 5 heteroatoms. The minimum Gasteiger partial charge on any atom is -0.490 e. The number of likely N-dealkylation sites (tertiary alicyclic amines) is 1. The van der Waals surface area contributed by atoms with Crippen molar-refractivity contribution in [3.63, 3.8) is 0 Å². The summed E-state index contributed by atoms with van der Waals surface area (Å²) in [7, 11) is 0. The Morgan fingerprint density at radius 3 is 2.12 bits per heavy atom. The molecule has 0 amide bonds. The van der Waals surface area contributed by atoms with Crippen LogP contribution in [0.15, 0.2) is 54.6 Å². The van der Waals surface area contributed by atoms with Gasteiger partial charge in [0, 0.05) is 19.6 Å². The summed E-state index contributed by atoms with van der Waals surface area (Å²) >= 11 is 0. The molecule has 2 nitrogen and oxygen atoms in total. The normalized spacial score (nSPS) is 17.0. The zero-order valence-corrected chi connectivity index (χ0v) is 13.3. The van der Waals surface area contributed by atoms with Crippen LogP contribution in [0.5, 0.6) is 5.75 Å². The van der Waals surface area contributed by atoms with Gasteiger partial charge in [-0.15, -0.1) is 0 Å². The predicted molar refractivity (Wildman–Crippen MR) is 86.8 cm³/mol. The van der Waals surface area contributed by atoms with Crippen LogP contribution in [-0.4, -0.2) is 24.1 Å². The van der Waals surface area contributed by atoms with Crippen LogP contribution >= 0.6 is 0 Å². The largest absolute Gasteiger partial charge is 0.490 e. The number of ether oxygens (including phenoxy) is 1. The monoisotopic (exact) mass is 335 g/mol. The lowest BCUT2D eigenvalue weighted by atomic mass is 10.1. The van der Waals surface area contributed by atoms with E-state index in [-0.39, 0.29) is 6.10 Å². The van der Waals surface area contributed by atoms with Crippen molar-refractivity contribution in [2.45, 2.75) is 31.7 Å². The van der Waals surface area contributed by atoms with Gasteiger partial charge in [-0.05, 0) is 42.7 Å². The first-order chi connectivity index (χ1) is 11.5. The lowest BCUT2D eigenvalue weighted by molar-refractivity contribution is -0.137. The van der Waals surface area contributed by atoms with Crippen LogP contribution in [0.4, 0.5) is 13.2 Å². The molecule has 3 rings (SSSR count). The zero-order chi connectivity index (χ0) is 17.0. The molecule has 0 radical (unpaired) electrons. The summed E-state index contributed by atoms with van der Waals surface area (Å²) in [5, 5.41) is 0. The first-order valence-electron chi connectivity index (χ1n) is 8.11. The van der Waals surface area contributed by atoms with Gasteiger partial charge in [-0.3, -0.25) is 4.90 Å². The molecule has 1 saturated heterocycles. The molecule has 0 saturated carbocycles. The van der Waals surface area contributed by atoms with E-state index >= 15 is 0 Å². The summed E-state index contributed by atoms with van der Waals surface area (Å²) in [6.07, 6.45) is -2.48. The number of piperidine rings is 1. The van der Waals surface area contributed by atoms with E-state index in [1.165, 1.54) is 17.7 Å². The Labute approximate surface area is 139 Å². The molecule has 0 spiro atoms. The maximum atomic E-state index is 12.6. The predicted octanol–water partition coefficient (Wildman–Crippen LogP) is 4.75. The maximum absolute atomic E-state index is 12.6. The average molecular weight is 335 g/mol. The van der Waals surface area contributed by atoms with Crippen molar-refractivity contribution in [1.82, 2.24) is 4.90 Å². The summed E-state index contributed by atoms with van der Waals surface area (Å²) in [6, 6.07) is 15.3. The van der Waals surface area contributed by atoms with Crippen molar-refractivity contribution in [2.75, 3.05) is 13.1 Å². The van der Waals surface area contributed by atoms with E-state index < -0.39 is 11.7 Å². The zero-order valence-electron chi connectivity index (χ0n) is 13.3. The fourth-order valence-corrected chi connectivity index (χ4v) is 2.94. The van der Waals surface area contributed by atoms with Crippen molar-refractivity contribution < 1.29 is 17.9 Å². The molecule has 24 heavy (non-hydrogen) atoms. The van der Waals surface area contributed by atoms with Gasteiger partial charge in [-0.1, -0.05) is 30.3 Å². The standard InChI is InChI=1S/C19H20F3NO/c20-19(21,22)16-6-8-17(9-7-16)24-18-10-12-23(13-11-18)14-15-4-2-1-3-5-15/h1-9,18H,10-14H2. The second kappa shape index (κ2) is 7.26. The molecule has 2 aromatic rings. The van der Waals surface area contributed by atoms with Crippen molar-refractivity contribution in [3.8, 4) is 5.75 Å². The lowest BCUT2D eigenvalue weighted by Gasteiger charge is -2.32. The Morgan fingerprint density at radius 1 is 0.917 bits per heavy atom. The molecule has 1 heterocycles. The fourth-order valence-electron chi connectivity index (χ4n) is 2.94. The van der Waals surface area contributed by atoms with Gasteiger partial charge < -0.3 is 4.74 Å². The van der Waals surface area contributed by atoms with Crippen LogP contribution < -0.4 is 4.74 Å². The number of rotatable bonds is 4. The van der Waals surface area contributed by atoms with Gasteiger partial charge in [0.25, 0.3) is 0 Å². The van der Waals surface area contributed by atoms with E-state index in [9.17, 15) is 13.2 Å². The van der Waals surface area contributed by atoms with Crippen molar-refractivity contribution in [1.29, 1.82) is 0 Å². The molecule has 1 aliphatic rings. The number of alkyl halides is 3. The van der Waals surface area contributed by atoms with Gasteiger partial charge >= 0.3 is 6.18 Å². The maximum Gasteiger partial charge on any atom is 0.416 e. The number of halogens is 3. The molecule has 1 aliphatic heterocycles. The van der Waals surface area contributed by atoms with E-state index in [4.69, 9.17) is 4.74 Å². The van der Waals surface area contributed by atoms with Gasteiger partial charge in [0.15, 0.2) is 0 Å².